The Hall–Kier alpha value is -0.610. The van der Waals surface area contributed by atoms with Crippen LogP contribution in [-0.4, -0.2) is 12.0 Å². The van der Waals surface area contributed by atoms with E-state index in [2.05, 4.69) is 24.1 Å². The van der Waals surface area contributed by atoms with Gasteiger partial charge in [0.1, 0.15) is 0 Å². The number of thiazole rings is 1. The molecule has 1 aromatic rings. The Morgan fingerprint density at radius 1 is 1.64 bits per heavy atom. The summed E-state index contributed by atoms with van der Waals surface area (Å²) in [6.07, 6.45) is 0. The van der Waals surface area contributed by atoms with Crippen LogP contribution in [0.3, 0.4) is 0 Å². The first-order chi connectivity index (χ1) is 5.06. The minimum Gasteiger partial charge on any atom is -0.375 e. The third kappa shape index (κ3) is 1.70. The molecule has 1 heterocycles. The fourth-order valence-corrected chi connectivity index (χ4v) is 1.43. The lowest BCUT2D eigenvalue weighted by molar-refractivity contribution is 0.434. The molecule has 0 aromatic carbocycles. The molecule has 0 bridgehead atoms. The normalized spacial score (nSPS) is 11.9. The number of rotatable bonds is 2. The Labute approximate surface area is 70.6 Å². The van der Waals surface area contributed by atoms with Crippen LogP contribution in [0.2, 0.25) is 0 Å². The second-order valence-corrected chi connectivity index (χ2v) is 3.84. The van der Waals surface area contributed by atoms with E-state index in [9.17, 15) is 0 Å². The fraction of sp³-hybridized carbons (Fsp3) is 0.571. The molecule has 0 radical (unpaired) electrons. The minimum atomic E-state index is -0.0753. The molecular weight excluding hydrogens is 158 g/mol. The highest BCUT2D eigenvalue weighted by molar-refractivity contribution is 7.13. The molecule has 0 saturated heterocycles. The summed E-state index contributed by atoms with van der Waals surface area (Å²) in [6.45, 7) is 4.14. The molecular formula is C7H13N3S. The maximum absolute atomic E-state index is 5.51. The van der Waals surface area contributed by atoms with E-state index in [1.165, 1.54) is 11.3 Å². The van der Waals surface area contributed by atoms with Gasteiger partial charge in [0.05, 0.1) is 11.2 Å². The summed E-state index contributed by atoms with van der Waals surface area (Å²) < 4.78 is 0. The van der Waals surface area contributed by atoms with E-state index >= 15 is 0 Å². The second-order valence-electron chi connectivity index (χ2n) is 2.95. The molecule has 0 aliphatic rings. The van der Waals surface area contributed by atoms with Crippen LogP contribution in [-0.2, 0) is 5.54 Å². The molecule has 0 aliphatic carbocycles. The van der Waals surface area contributed by atoms with Gasteiger partial charge in [0.25, 0.3) is 0 Å². The number of hydrogen-bond donors (Lipinski definition) is 2. The van der Waals surface area contributed by atoms with Gasteiger partial charge in [-0.05, 0) is 20.9 Å². The fourth-order valence-electron chi connectivity index (χ4n) is 0.703. The molecule has 4 heteroatoms. The lowest BCUT2D eigenvalue weighted by atomic mass is 10.0. The van der Waals surface area contributed by atoms with E-state index in [0.29, 0.717) is 5.13 Å². The van der Waals surface area contributed by atoms with Gasteiger partial charge in [0, 0.05) is 5.38 Å². The highest BCUT2D eigenvalue weighted by Gasteiger charge is 2.20. The van der Waals surface area contributed by atoms with Crippen molar-refractivity contribution in [3.63, 3.8) is 0 Å². The predicted octanol–water partition coefficient (Wildman–Crippen LogP) is 1.18. The summed E-state index contributed by atoms with van der Waals surface area (Å²) in [5, 5.41) is 5.77. The Morgan fingerprint density at radius 2 is 2.27 bits per heavy atom. The van der Waals surface area contributed by atoms with Crippen molar-refractivity contribution in [2.75, 3.05) is 12.8 Å². The average molecular weight is 171 g/mol. The van der Waals surface area contributed by atoms with Gasteiger partial charge in [-0.1, -0.05) is 0 Å². The Bertz CT molecular complexity index is 242. The monoisotopic (exact) mass is 171 g/mol. The van der Waals surface area contributed by atoms with Gasteiger partial charge < -0.3 is 11.1 Å². The highest BCUT2D eigenvalue weighted by atomic mass is 32.1. The van der Waals surface area contributed by atoms with Crippen molar-refractivity contribution in [2.45, 2.75) is 19.4 Å². The van der Waals surface area contributed by atoms with Crippen molar-refractivity contribution in [3.05, 3.63) is 11.1 Å². The summed E-state index contributed by atoms with van der Waals surface area (Å²) in [5.74, 6) is 0. The molecule has 0 aliphatic heterocycles. The third-order valence-electron chi connectivity index (χ3n) is 1.79. The quantitative estimate of drug-likeness (QED) is 0.702. The van der Waals surface area contributed by atoms with Crippen LogP contribution >= 0.6 is 11.3 Å². The first-order valence-corrected chi connectivity index (χ1v) is 4.34. The second kappa shape index (κ2) is 2.79. The molecule has 3 nitrogen and oxygen atoms in total. The lowest BCUT2D eigenvalue weighted by Gasteiger charge is -2.20. The standard InChI is InChI=1S/C7H13N3S/c1-7(2,9-3)5-4-11-6(8)10-5/h4,9H,1-3H3,(H2,8,10). The molecule has 11 heavy (non-hydrogen) atoms. The smallest absolute Gasteiger partial charge is 0.180 e. The van der Waals surface area contributed by atoms with Crippen molar-refractivity contribution >= 4 is 16.5 Å². The van der Waals surface area contributed by atoms with Crippen LogP contribution < -0.4 is 11.1 Å². The molecule has 1 aromatic heterocycles. The Morgan fingerprint density at radius 3 is 2.64 bits per heavy atom. The van der Waals surface area contributed by atoms with Crippen molar-refractivity contribution in [2.24, 2.45) is 0 Å². The summed E-state index contributed by atoms with van der Waals surface area (Å²) in [5.41, 5.74) is 6.44. The molecule has 3 N–H and O–H groups in total. The Kier molecular flexibility index (Phi) is 2.15. The maximum Gasteiger partial charge on any atom is 0.180 e. The lowest BCUT2D eigenvalue weighted by Crippen LogP contribution is -2.33. The van der Waals surface area contributed by atoms with Crippen LogP contribution in [0, 0.1) is 0 Å². The number of aromatic nitrogens is 1. The van der Waals surface area contributed by atoms with Crippen molar-refractivity contribution in [1.82, 2.24) is 10.3 Å². The van der Waals surface area contributed by atoms with E-state index < -0.39 is 0 Å². The third-order valence-corrected chi connectivity index (χ3v) is 2.46. The zero-order valence-electron chi connectivity index (χ0n) is 7.01. The largest absolute Gasteiger partial charge is 0.375 e. The van der Waals surface area contributed by atoms with Gasteiger partial charge in [-0.2, -0.15) is 0 Å². The maximum atomic E-state index is 5.51. The van der Waals surface area contributed by atoms with Crippen LogP contribution in [0.5, 0.6) is 0 Å². The van der Waals surface area contributed by atoms with Gasteiger partial charge in [-0.3, -0.25) is 0 Å². The van der Waals surface area contributed by atoms with E-state index in [4.69, 9.17) is 5.73 Å². The van der Waals surface area contributed by atoms with Gasteiger partial charge in [-0.25, -0.2) is 4.98 Å². The van der Waals surface area contributed by atoms with Crippen molar-refractivity contribution in [3.8, 4) is 0 Å². The predicted molar refractivity (Wildman–Crippen MR) is 48.6 cm³/mol. The summed E-state index contributed by atoms with van der Waals surface area (Å²) in [6, 6.07) is 0. The van der Waals surface area contributed by atoms with Gasteiger partial charge in [-0.15, -0.1) is 11.3 Å². The van der Waals surface area contributed by atoms with E-state index in [1.807, 2.05) is 12.4 Å². The van der Waals surface area contributed by atoms with Crippen LogP contribution in [0.1, 0.15) is 19.5 Å². The van der Waals surface area contributed by atoms with Crippen LogP contribution in [0.4, 0.5) is 5.13 Å². The Balaban J connectivity index is 2.92. The van der Waals surface area contributed by atoms with Crippen molar-refractivity contribution < 1.29 is 0 Å². The molecule has 0 saturated carbocycles. The van der Waals surface area contributed by atoms with Gasteiger partial charge in [0.15, 0.2) is 5.13 Å². The van der Waals surface area contributed by atoms with Gasteiger partial charge >= 0.3 is 0 Å². The molecule has 0 spiro atoms. The molecule has 0 fully saturated rings. The molecule has 1 rings (SSSR count). The zero-order valence-corrected chi connectivity index (χ0v) is 7.83. The average Bonchev–Trinajstić information content (AvgIpc) is 2.36. The van der Waals surface area contributed by atoms with Crippen LogP contribution in [0.25, 0.3) is 0 Å². The summed E-state index contributed by atoms with van der Waals surface area (Å²) in [7, 11) is 1.91. The highest BCUT2D eigenvalue weighted by Crippen LogP contribution is 2.22. The number of nitrogens with zero attached hydrogens (tertiary/aromatic N) is 1. The van der Waals surface area contributed by atoms with Gasteiger partial charge in [0.2, 0.25) is 0 Å². The summed E-state index contributed by atoms with van der Waals surface area (Å²) in [4.78, 5) is 4.19. The molecule has 0 amide bonds. The minimum absolute atomic E-state index is 0.0753. The molecule has 0 atom stereocenters. The molecule has 0 unspecified atom stereocenters. The van der Waals surface area contributed by atoms with E-state index in [1.54, 1.807) is 0 Å². The number of nitrogens with one attached hydrogen (secondary N) is 1. The molecule has 62 valence electrons. The van der Waals surface area contributed by atoms with E-state index in [-0.39, 0.29) is 5.54 Å². The SMILES string of the molecule is CNC(C)(C)c1csc(N)n1. The van der Waals surface area contributed by atoms with Crippen molar-refractivity contribution in [1.29, 1.82) is 0 Å². The first kappa shape index (κ1) is 8.49. The number of anilines is 1. The summed E-state index contributed by atoms with van der Waals surface area (Å²) >= 11 is 1.47. The van der Waals surface area contributed by atoms with E-state index in [0.717, 1.165) is 5.69 Å². The first-order valence-electron chi connectivity index (χ1n) is 3.46. The number of nitrogen functional groups attached to an aromatic ring is 1. The number of nitrogens with two attached hydrogens (primary N) is 1. The zero-order chi connectivity index (χ0) is 8.48. The topological polar surface area (TPSA) is 50.9 Å². The number of hydrogen-bond acceptors (Lipinski definition) is 4. The van der Waals surface area contributed by atoms with Crippen LogP contribution in [0.15, 0.2) is 5.38 Å².